The molecule has 0 spiro atoms. The van der Waals surface area contributed by atoms with Crippen molar-refractivity contribution in [1.82, 2.24) is 14.3 Å². The van der Waals surface area contributed by atoms with E-state index in [2.05, 4.69) is 5.10 Å². The van der Waals surface area contributed by atoms with Gasteiger partial charge in [-0.3, -0.25) is 14.0 Å². The van der Waals surface area contributed by atoms with Crippen LogP contribution in [0.5, 0.6) is 0 Å². The van der Waals surface area contributed by atoms with Gasteiger partial charge in [-0.25, -0.2) is 0 Å². The molecule has 19 heavy (non-hydrogen) atoms. The van der Waals surface area contributed by atoms with Gasteiger partial charge in [-0.05, 0) is 31.2 Å². The topological polar surface area (TPSA) is 65.8 Å². The maximum atomic E-state index is 12.6. The van der Waals surface area contributed by atoms with Gasteiger partial charge < -0.3 is 5.73 Å². The first-order valence-electron chi connectivity index (χ1n) is 5.99. The summed E-state index contributed by atoms with van der Waals surface area (Å²) < 4.78 is 3.24. The zero-order valence-electron chi connectivity index (χ0n) is 10.8. The third-order valence-corrected chi connectivity index (χ3v) is 3.31. The predicted molar refractivity (Wildman–Crippen MR) is 74.0 cm³/mol. The predicted octanol–water partition coefficient (Wildman–Crippen LogP) is 1.95. The van der Waals surface area contributed by atoms with Crippen molar-refractivity contribution in [3.05, 3.63) is 47.9 Å². The van der Waals surface area contributed by atoms with Crippen LogP contribution in [0, 0.1) is 6.92 Å². The van der Waals surface area contributed by atoms with Crippen LogP contribution in [0.15, 0.2) is 36.5 Å². The zero-order valence-corrected chi connectivity index (χ0v) is 10.8. The molecule has 0 amide bonds. The van der Waals surface area contributed by atoms with Gasteiger partial charge in [0.1, 0.15) is 5.69 Å². The molecule has 0 bridgehead atoms. The molecule has 5 nitrogen and oxygen atoms in total. The number of nitrogen functional groups attached to an aromatic ring is 1. The van der Waals surface area contributed by atoms with Crippen LogP contribution < -0.4 is 5.73 Å². The molecule has 0 saturated carbocycles. The number of aryl methyl sites for hydroxylation is 2. The largest absolute Gasteiger partial charge is 0.398 e. The highest BCUT2D eigenvalue weighted by Crippen LogP contribution is 2.25. The molecule has 0 unspecified atom stereocenters. The van der Waals surface area contributed by atoms with E-state index in [9.17, 15) is 4.79 Å². The summed E-state index contributed by atoms with van der Waals surface area (Å²) in [7, 11) is 1.75. The second-order valence-corrected chi connectivity index (χ2v) is 4.55. The molecule has 0 radical (unpaired) electrons. The first-order chi connectivity index (χ1) is 9.09. The molecular weight excluding hydrogens is 240 g/mol. The Bertz CT molecular complexity index is 782. The van der Waals surface area contributed by atoms with Gasteiger partial charge >= 0.3 is 0 Å². The Hall–Kier alpha value is -2.56. The van der Waals surface area contributed by atoms with Crippen LogP contribution in [0.25, 0.3) is 10.9 Å². The van der Waals surface area contributed by atoms with Crippen molar-refractivity contribution in [2.24, 2.45) is 7.05 Å². The summed E-state index contributed by atoms with van der Waals surface area (Å²) in [6.45, 7) is 1.90. The lowest BCUT2D eigenvalue weighted by atomic mass is 10.2. The average molecular weight is 254 g/mol. The van der Waals surface area contributed by atoms with Crippen LogP contribution in [0.1, 0.15) is 16.2 Å². The zero-order chi connectivity index (χ0) is 13.6. The van der Waals surface area contributed by atoms with Crippen LogP contribution >= 0.6 is 0 Å². The van der Waals surface area contributed by atoms with Gasteiger partial charge in [0.05, 0.1) is 5.52 Å². The molecule has 1 aromatic carbocycles. The number of carbonyl (C=O) groups is 1. The van der Waals surface area contributed by atoms with Crippen LogP contribution in [-0.4, -0.2) is 20.3 Å². The standard InChI is InChI=1S/C14H14N4O/c1-9-8-10-11(15)4-3-5-12(10)18(9)14(19)13-6-7-16-17(13)2/h3-8H,15H2,1-2H3. The third-order valence-electron chi connectivity index (χ3n) is 3.31. The molecule has 3 rings (SSSR count). The molecule has 0 aliphatic carbocycles. The summed E-state index contributed by atoms with van der Waals surface area (Å²) in [5.41, 5.74) is 8.85. The summed E-state index contributed by atoms with van der Waals surface area (Å²) in [6, 6.07) is 9.22. The van der Waals surface area contributed by atoms with E-state index in [-0.39, 0.29) is 5.91 Å². The number of nitrogens with zero attached hydrogens (tertiary/aromatic N) is 3. The Kier molecular flexibility index (Phi) is 2.41. The number of nitrogens with two attached hydrogens (primary N) is 1. The fourth-order valence-corrected chi connectivity index (χ4v) is 2.35. The Balaban J connectivity index is 2.26. The summed E-state index contributed by atoms with van der Waals surface area (Å²) in [6.07, 6.45) is 1.61. The van der Waals surface area contributed by atoms with Gasteiger partial charge in [-0.1, -0.05) is 6.07 Å². The minimum absolute atomic E-state index is 0.0990. The lowest BCUT2D eigenvalue weighted by Gasteiger charge is -2.07. The molecule has 2 aromatic heterocycles. The minimum atomic E-state index is -0.0990. The van der Waals surface area contributed by atoms with Crippen LogP contribution in [0.2, 0.25) is 0 Å². The molecule has 0 atom stereocenters. The van der Waals surface area contributed by atoms with E-state index in [0.29, 0.717) is 11.4 Å². The second-order valence-electron chi connectivity index (χ2n) is 4.55. The molecular formula is C14H14N4O. The summed E-state index contributed by atoms with van der Waals surface area (Å²) in [5, 5.41) is 4.93. The Morgan fingerprint density at radius 3 is 2.79 bits per heavy atom. The number of aromatic nitrogens is 3. The maximum absolute atomic E-state index is 12.6. The SMILES string of the molecule is Cc1cc2c(N)cccc2n1C(=O)c1ccnn1C. The molecule has 0 aliphatic heterocycles. The van der Waals surface area contributed by atoms with Crippen molar-refractivity contribution in [2.75, 3.05) is 5.73 Å². The maximum Gasteiger partial charge on any atom is 0.280 e. The quantitative estimate of drug-likeness (QED) is 0.675. The highest BCUT2D eigenvalue weighted by molar-refractivity contribution is 6.04. The first kappa shape index (κ1) is 11.5. The Morgan fingerprint density at radius 1 is 1.32 bits per heavy atom. The van der Waals surface area contributed by atoms with E-state index in [1.807, 2.05) is 31.2 Å². The van der Waals surface area contributed by atoms with Crippen molar-refractivity contribution < 1.29 is 4.79 Å². The number of carbonyl (C=O) groups excluding carboxylic acids is 1. The van der Waals surface area contributed by atoms with E-state index < -0.39 is 0 Å². The summed E-state index contributed by atoms with van der Waals surface area (Å²) >= 11 is 0. The fraction of sp³-hybridized carbons (Fsp3) is 0.143. The first-order valence-corrected chi connectivity index (χ1v) is 5.99. The van der Waals surface area contributed by atoms with Crippen LogP contribution in [0.3, 0.4) is 0 Å². The van der Waals surface area contributed by atoms with E-state index in [1.165, 1.54) is 0 Å². The van der Waals surface area contributed by atoms with Gasteiger partial charge in [0.2, 0.25) is 0 Å². The monoisotopic (exact) mass is 254 g/mol. The minimum Gasteiger partial charge on any atom is -0.398 e. The van der Waals surface area contributed by atoms with Crippen LogP contribution in [-0.2, 0) is 7.05 Å². The van der Waals surface area contributed by atoms with Gasteiger partial charge in [-0.15, -0.1) is 0 Å². The Morgan fingerprint density at radius 2 is 2.11 bits per heavy atom. The lowest BCUT2D eigenvalue weighted by Crippen LogP contribution is -2.17. The molecule has 0 fully saturated rings. The van der Waals surface area contributed by atoms with Crippen molar-refractivity contribution in [2.45, 2.75) is 6.92 Å². The smallest absolute Gasteiger partial charge is 0.280 e. The van der Waals surface area contributed by atoms with Crippen molar-refractivity contribution in [3.8, 4) is 0 Å². The molecule has 96 valence electrons. The molecule has 0 aliphatic rings. The van der Waals surface area contributed by atoms with Crippen molar-refractivity contribution >= 4 is 22.5 Å². The molecule has 2 N–H and O–H groups in total. The molecule has 0 saturated heterocycles. The van der Waals surface area contributed by atoms with Gasteiger partial charge in [-0.2, -0.15) is 5.10 Å². The number of anilines is 1. The third kappa shape index (κ3) is 1.62. The molecule has 5 heteroatoms. The number of benzene rings is 1. The second kappa shape index (κ2) is 3.98. The number of hydrogen-bond donors (Lipinski definition) is 1. The van der Waals surface area contributed by atoms with Gasteiger partial charge in [0.15, 0.2) is 0 Å². The van der Waals surface area contributed by atoms with Crippen molar-refractivity contribution in [3.63, 3.8) is 0 Å². The highest BCUT2D eigenvalue weighted by Gasteiger charge is 2.17. The number of rotatable bonds is 1. The lowest BCUT2D eigenvalue weighted by molar-refractivity contribution is 0.0954. The summed E-state index contributed by atoms with van der Waals surface area (Å²) in [5.74, 6) is -0.0990. The van der Waals surface area contributed by atoms with E-state index >= 15 is 0 Å². The molecule has 3 aromatic rings. The normalized spacial score (nSPS) is 11.1. The number of fused-ring (bicyclic) bond motifs is 1. The van der Waals surface area contributed by atoms with Crippen molar-refractivity contribution in [1.29, 1.82) is 0 Å². The van der Waals surface area contributed by atoms with E-state index in [4.69, 9.17) is 5.73 Å². The fourth-order valence-electron chi connectivity index (χ4n) is 2.35. The van der Waals surface area contributed by atoms with E-state index in [0.717, 1.165) is 16.6 Å². The average Bonchev–Trinajstić information content (AvgIpc) is 2.93. The molecule has 2 heterocycles. The van der Waals surface area contributed by atoms with Crippen LogP contribution in [0.4, 0.5) is 5.69 Å². The summed E-state index contributed by atoms with van der Waals surface area (Å²) in [4.78, 5) is 12.6. The highest BCUT2D eigenvalue weighted by atomic mass is 16.2. The number of hydrogen-bond acceptors (Lipinski definition) is 3. The Labute approximate surface area is 110 Å². The van der Waals surface area contributed by atoms with Gasteiger partial charge in [0.25, 0.3) is 5.91 Å². The van der Waals surface area contributed by atoms with E-state index in [1.54, 1.807) is 28.6 Å². The van der Waals surface area contributed by atoms with Gasteiger partial charge in [0, 0.05) is 30.0 Å².